The Kier molecular flexibility index (Phi) is 2.48. The van der Waals surface area contributed by atoms with Crippen molar-refractivity contribution < 1.29 is 5.11 Å². The maximum absolute atomic E-state index is 9.01. The summed E-state index contributed by atoms with van der Waals surface area (Å²) in [5.41, 5.74) is -0.479. The Hall–Kier alpha value is -0.590. The SMILES string of the molecule is CN1CCCC(C#N)(CO)C1. The molecule has 1 heterocycles. The van der Waals surface area contributed by atoms with Crippen molar-refractivity contribution in [3.63, 3.8) is 0 Å². The molecule has 0 bridgehead atoms. The molecule has 1 saturated heterocycles. The van der Waals surface area contributed by atoms with Crippen molar-refractivity contribution in [1.82, 2.24) is 4.90 Å². The van der Waals surface area contributed by atoms with Gasteiger partial charge in [0, 0.05) is 6.54 Å². The van der Waals surface area contributed by atoms with Crippen LogP contribution in [0, 0.1) is 16.7 Å². The van der Waals surface area contributed by atoms with Crippen molar-refractivity contribution in [3.8, 4) is 6.07 Å². The molecule has 11 heavy (non-hydrogen) atoms. The van der Waals surface area contributed by atoms with Crippen molar-refractivity contribution in [2.75, 3.05) is 26.7 Å². The summed E-state index contributed by atoms with van der Waals surface area (Å²) >= 11 is 0. The first-order valence-corrected chi connectivity index (χ1v) is 3.93. The van der Waals surface area contributed by atoms with Crippen molar-refractivity contribution in [2.45, 2.75) is 12.8 Å². The van der Waals surface area contributed by atoms with E-state index in [2.05, 4.69) is 11.0 Å². The molecule has 0 aromatic carbocycles. The second kappa shape index (κ2) is 3.21. The van der Waals surface area contributed by atoms with E-state index in [9.17, 15) is 0 Å². The molecule has 1 aliphatic heterocycles. The molecule has 1 unspecified atom stereocenters. The molecule has 1 atom stereocenters. The maximum Gasteiger partial charge on any atom is 0.0930 e. The minimum Gasteiger partial charge on any atom is -0.395 e. The molecule has 1 rings (SSSR count). The Morgan fingerprint density at radius 1 is 1.73 bits per heavy atom. The van der Waals surface area contributed by atoms with Crippen molar-refractivity contribution in [2.24, 2.45) is 5.41 Å². The van der Waals surface area contributed by atoms with Crippen LogP contribution in [0.4, 0.5) is 0 Å². The van der Waals surface area contributed by atoms with Gasteiger partial charge in [-0.3, -0.25) is 0 Å². The number of aliphatic hydroxyl groups excluding tert-OH is 1. The molecule has 1 fully saturated rings. The van der Waals surface area contributed by atoms with Crippen LogP contribution in [0.15, 0.2) is 0 Å². The smallest absolute Gasteiger partial charge is 0.0930 e. The fourth-order valence-corrected chi connectivity index (χ4v) is 1.62. The predicted molar refractivity (Wildman–Crippen MR) is 41.9 cm³/mol. The van der Waals surface area contributed by atoms with E-state index in [0.29, 0.717) is 6.54 Å². The van der Waals surface area contributed by atoms with Gasteiger partial charge in [-0.15, -0.1) is 0 Å². The lowest BCUT2D eigenvalue weighted by Crippen LogP contribution is -2.42. The van der Waals surface area contributed by atoms with Gasteiger partial charge in [0.25, 0.3) is 0 Å². The summed E-state index contributed by atoms with van der Waals surface area (Å²) in [5.74, 6) is 0. The van der Waals surface area contributed by atoms with Crippen LogP contribution < -0.4 is 0 Å². The Labute approximate surface area is 67.2 Å². The summed E-state index contributed by atoms with van der Waals surface area (Å²) in [4.78, 5) is 2.10. The zero-order chi connectivity index (χ0) is 8.32. The van der Waals surface area contributed by atoms with Crippen LogP contribution in [0.1, 0.15) is 12.8 Å². The average molecular weight is 154 g/mol. The lowest BCUT2D eigenvalue weighted by Gasteiger charge is -2.34. The molecule has 3 heteroatoms. The molecule has 0 amide bonds. The number of hydrogen-bond acceptors (Lipinski definition) is 3. The van der Waals surface area contributed by atoms with Crippen molar-refractivity contribution >= 4 is 0 Å². The quantitative estimate of drug-likeness (QED) is 0.587. The molecule has 0 aliphatic carbocycles. The molecular formula is C8H14N2O. The molecular weight excluding hydrogens is 140 g/mol. The third-order valence-corrected chi connectivity index (χ3v) is 2.31. The number of aliphatic hydroxyl groups is 1. The summed E-state index contributed by atoms with van der Waals surface area (Å²) in [6.45, 7) is 1.75. The highest BCUT2D eigenvalue weighted by Gasteiger charge is 2.33. The summed E-state index contributed by atoms with van der Waals surface area (Å²) in [6, 6.07) is 2.21. The number of likely N-dealkylation sites (tertiary alicyclic amines) is 1. The molecule has 0 radical (unpaired) electrons. The highest BCUT2D eigenvalue weighted by molar-refractivity contribution is 5.02. The van der Waals surface area contributed by atoms with E-state index in [0.717, 1.165) is 19.4 Å². The summed E-state index contributed by atoms with van der Waals surface area (Å²) in [6.07, 6.45) is 1.86. The van der Waals surface area contributed by atoms with E-state index in [1.807, 2.05) is 7.05 Å². The Morgan fingerprint density at radius 3 is 2.82 bits per heavy atom. The minimum atomic E-state index is -0.479. The fourth-order valence-electron chi connectivity index (χ4n) is 1.62. The third kappa shape index (κ3) is 1.70. The van der Waals surface area contributed by atoms with E-state index in [1.54, 1.807) is 0 Å². The number of rotatable bonds is 1. The topological polar surface area (TPSA) is 47.3 Å². The van der Waals surface area contributed by atoms with Crippen LogP contribution >= 0.6 is 0 Å². The summed E-state index contributed by atoms with van der Waals surface area (Å²) in [7, 11) is 1.99. The second-order valence-electron chi connectivity index (χ2n) is 3.39. The Morgan fingerprint density at radius 2 is 2.45 bits per heavy atom. The number of hydrogen-bond donors (Lipinski definition) is 1. The van der Waals surface area contributed by atoms with E-state index >= 15 is 0 Å². The normalized spacial score (nSPS) is 33.2. The van der Waals surface area contributed by atoms with E-state index in [4.69, 9.17) is 10.4 Å². The minimum absolute atomic E-state index is 0.00611. The fraction of sp³-hybridized carbons (Fsp3) is 0.875. The largest absolute Gasteiger partial charge is 0.395 e. The van der Waals surface area contributed by atoms with Crippen LogP contribution in [0.25, 0.3) is 0 Å². The van der Waals surface area contributed by atoms with Gasteiger partial charge in [0.15, 0.2) is 0 Å². The van der Waals surface area contributed by atoms with Crippen molar-refractivity contribution in [3.05, 3.63) is 0 Å². The van der Waals surface area contributed by atoms with Gasteiger partial charge < -0.3 is 10.0 Å². The van der Waals surface area contributed by atoms with Crippen LogP contribution in [-0.2, 0) is 0 Å². The lowest BCUT2D eigenvalue weighted by molar-refractivity contribution is 0.0880. The van der Waals surface area contributed by atoms with Gasteiger partial charge in [0.1, 0.15) is 0 Å². The number of piperidine rings is 1. The van der Waals surface area contributed by atoms with Gasteiger partial charge in [0.05, 0.1) is 18.1 Å². The zero-order valence-corrected chi connectivity index (χ0v) is 6.88. The maximum atomic E-state index is 9.01. The molecule has 1 aliphatic rings. The standard InChI is InChI=1S/C8H14N2O/c1-10-4-2-3-8(5-9,6-10)7-11/h11H,2-4,6-7H2,1H3. The van der Waals surface area contributed by atoms with Gasteiger partial charge in [-0.1, -0.05) is 0 Å². The molecule has 0 aromatic heterocycles. The first-order valence-electron chi connectivity index (χ1n) is 3.93. The highest BCUT2D eigenvalue weighted by atomic mass is 16.3. The van der Waals surface area contributed by atoms with Gasteiger partial charge >= 0.3 is 0 Å². The van der Waals surface area contributed by atoms with Crippen LogP contribution in [-0.4, -0.2) is 36.8 Å². The number of nitriles is 1. The molecule has 3 nitrogen and oxygen atoms in total. The third-order valence-electron chi connectivity index (χ3n) is 2.31. The molecule has 0 saturated carbocycles. The first kappa shape index (κ1) is 8.51. The van der Waals surface area contributed by atoms with E-state index in [-0.39, 0.29) is 6.61 Å². The molecule has 1 N–H and O–H groups in total. The second-order valence-corrected chi connectivity index (χ2v) is 3.39. The molecule has 0 spiro atoms. The Balaban J connectivity index is 2.62. The Bertz CT molecular complexity index is 175. The van der Waals surface area contributed by atoms with Gasteiger partial charge in [-0.25, -0.2) is 0 Å². The van der Waals surface area contributed by atoms with E-state index < -0.39 is 5.41 Å². The summed E-state index contributed by atoms with van der Waals surface area (Å²) in [5, 5.41) is 17.8. The first-order chi connectivity index (χ1) is 5.22. The zero-order valence-electron chi connectivity index (χ0n) is 6.88. The van der Waals surface area contributed by atoms with Gasteiger partial charge in [-0.05, 0) is 26.4 Å². The molecule has 62 valence electrons. The van der Waals surface area contributed by atoms with Gasteiger partial charge in [0.2, 0.25) is 0 Å². The predicted octanol–water partition coefficient (Wildman–Crippen LogP) is 0.214. The van der Waals surface area contributed by atoms with Crippen LogP contribution in [0.2, 0.25) is 0 Å². The average Bonchev–Trinajstić information content (AvgIpc) is 2.04. The lowest BCUT2D eigenvalue weighted by atomic mass is 9.82. The summed E-state index contributed by atoms with van der Waals surface area (Å²) < 4.78 is 0. The van der Waals surface area contributed by atoms with Gasteiger partial charge in [-0.2, -0.15) is 5.26 Å². The van der Waals surface area contributed by atoms with Crippen molar-refractivity contribution in [1.29, 1.82) is 5.26 Å². The monoisotopic (exact) mass is 154 g/mol. The number of nitrogens with zero attached hydrogens (tertiary/aromatic N) is 2. The van der Waals surface area contributed by atoms with Crippen LogP contribution in [0.5, 0.6) is 0 Å². The highest BCUT2D eigenvalue weighted by Crippen LogP contribution is 2.27. The van der Waals surface area contributed by atoms with E-state index in [1.165, 1.54) is 0 Å². The molecule has 0 aromatic rings. The van der Waals surface area contributed by atoms with Crippen LogP contribution in [0.3, 0.4) is 0 Å².